The first kappa shape index (κ1) is 70.8. The zero-order chi connectivity index (χ0) is 72.8. The Morgan fingerprint density at radius 3 is 0.962 bits per heavy atom. The predicted molar refractivity (Wildman–Crippen MR) is 448 cm³/mol. The molecule has 4 aliphatic carbocycles. The number of carbonyl (C=O) groups excluding carboxylic acids is 2. The molecule has 6 heterocycles. The highest BCUT2D eigenvalue weighted by Crippen LogP contribution is 2.72. The van der Waals surface area contributed by atoms with Gasteiger partial charge in [-0.15, -0.1) is 68.0 Å². The summed E-state index contributed by atoms with van der Waals surface area (Å²) in [7, 11) is 0. The average molecular weight is 1490 g/mol. The van der Waals surface area contributed by atoms with Gasteiger partial charge in [0.1, 0.15) is 0 Å². The Bertz CT molecular complexity index is 5300. The molecule has 0 unspecified atom stereocenters. The fourth-order valence-electron chi connectivity index (χ4n) is 17.3. The third kappa shape index (κ3) is 11.8. The predicted octanol–water partition coefficient (Wildman–Crippen LogP) is 27.6. The first-order valence-corrected chi connectivity index (χ1v) is 42.8. The van der Waals surface area contributed by atoms with Crippen LogP contribution in [0.1, 0.15) is 239 Å². The molecule has 0 bridgehead atoms. The summed E-state index contributed by atoms with van der Waals surface area (Å²) in [6, 6.07) is 62.4. The first-order valence-electron chi connectivity index (χ1n) is 37.9. The number of thiophene rings is 6. The van der Waals surface area contributed by atoms with E-state index >= 15 is 0 Å². The molecule has 0 atom stereocenters. The van der Waals surface area contributed by atoms with Gasteiger partial charge in [0.25, 0.3) is 11.4 Å². The van der Waals surface area contributed by atoms with Crippen molar-refractivity contribution in [2.45, 2.75) is 167 Å². The highest BCUT2D eigenvalue weighted by atomic mass is 32.1. The fraction of sp³-hybridized carbons (Fsp3) is 0.277. The maximum absolute atomic E-state index is 14.6. The van der Waals surface area contributed by atoms with Crippen molar-refractivity contribution in [1.82, 2.24) is 0 Å². The second kappa shape index (κ2) is 30.1. The van der Waals surface area contributed by atoms with E-state index in [1.807, 2.05) is 93.9 Å². The summed E-state index contributed by atoms with van der Waals surface area (Å²) < 4.78 is 7.21. The van der Waals surface area contributed by atoms with Crippen LogP contribution in [0, 0.1) is 35.8 Å². The van der Waals surface area contributed by atoms with E-state index in [-0.39, 0.29) is 23.0 Å². The molecule has 0 spiro atoms. The molecule has 0 aliphatic heterocycles. The van der Waals surface area contributed by atoms with Gasteiger partial charge in [-0.25, -0.2) is 20.2 Å². The Kier molecular flexibility index (Phi) is 20.1. The minimum atomic E-state index is -0.801. The topological polar surface area (TPSA) is 90.4 Å². The maximum Gasteiger partial charge on any atom is 0.270 e. The van der Waals surface area contributed by atoms with Gasteiger partial charge in [0.05, 0.1) is 74.4 Å². The molecular formula is C94H80N4O2S6. The van der Waals surface area contributed by atoms with Gasteiger partial charge in [0.15, 0.2) is 11.6 Å². The first-order chi connectivity index (χ1) is 52.1. The van der Waals surface area contributed by atoms with Gasteiger partial charge in [-0.2, -0.15) is 0 Å². The van der Waals surface area contributed by atoms with Crippen LogP contribution in [0.15, 0.2) is 180 Å². The minimum absolute atomic E-state index is 0.0864. The lowest BCUT2D eigenvalue weighted by Crippen LogP contribution is -2.29. The number of allylic oxidation sites excluding steroid dienone is 6. The number of nitrogens with zero attached hydrogens (tertiary/aromatic N) is 4. The SMILES string of the molecule is [C-]#[N+]/C(C#N)=C1\C(=C\c2cc3sc4c(c3s2)C(c2ccc(CCCCCC)cc2)(c2ccc(CCCCCC)cc2)c2c-4sc3c4c(sc23)-c2sc3cc(/C=C5\C(=O)c6ccccc6\C5=C(\C#N)[N+]#[C-])sc3c2C4(c2ccc(CCCCCC)cc2)c2ccc(CCCCCC)cc2)C(=O)c2ccccc21. The summed E-state index contributed by atoms with van der Waals surface area (Å²) in [6.07, 6.45) is 26.9. The average Bonchev–Trinajstić information content (AvgIpc) is 1.48. The standard InChI is InChI=1S/C94H80N4O2S6/c1-7-11-15-19-27-57-35-43-61(44-36-57)93(62-45-37-58(38-46-62)28-20-16-12-8-2)79-85-75(53-65(101-85)51-71-77(73(55-95)97-5)67-31-23-25-33-69(67)83(71)99)103-87(79)89-81(93)91-92(105-89)82-90(106-91)88-80(86-76(104-88)54-66(102-86)52-72-78(74(56-96)98-6)68-32-24-26-34-70(68)84(72)100)94(82,63-47-39-59(40-48-63)29-21-17-13-9-3)64-49-41-60(42-50-64)30-22-18-14-10-4/h23-26,31-54H,7-22,27-30H2,1-4H3/b71-51-,72-52-,77-73-,78-74+. The molecule has 6 aromatic heterocycles. The van der Waals surface area contributed by atoms with Crippen LogP contribution in [0.4, 0.5) is 0 Å². The Labute approximate surface area is 646 Å². The van der Waals surface area contributed by atoms with E-state index in [4.69, 9.17) is 13.1 Å². The summed E-state index contributed by atoms with van der Waals surface area (Å²) in [4.78, 5) is 43.6. The molecule has 12 aromatic rings. The van der Waals surface area contributed by atoms with Crippen molar-refractivity contribution in [2.75, 3.05) is 0 Å². The largest absolute Gasteiger partial charge is 0.289 e. The number of Topliss-reactive ketones (excluding diaryl/α,β-unsaturated/α-hetero) is 2. The Hall–Kier alpha value is -9.44. The summed E-state index contributed by atoms with van der Waals surface area (Å²) in [5.74, 6) is -0.355. The van der Waals surface area contributed by atoms with Crippen LogP contribution in [0.25, 0.3) is 80.7 Å². The van der Waals surface area contributed by atoms with Crippen molar-refractivity contribution in [3.63, 3.8) is 0 Å². The van der Waals surface area contributed by atoms with Crippen LogP contribution >= 0.6 is 68.0 Å². The molecule has 6 nitrogen and oxygen atoms in total. The van der Waals surface area contributed by atoms with Crippen molar-refractivity contribution in [3.8, 4) is 31.6 Å². The number of hydrogen-bond acceptors (Lipinski definition) is 10. The molecule has 16 rings (SSSR count). The van der Waals surface area contributed by atoms with E-state index in [9.17, 15) is 20.1 Å². The van der Waals surface area contributed by atoms with Gasteiger partial charge in [-0.3, -0.25) is 9.59 Å². The summed E-state index contributed by atoms with van der Waals surface area (Å²) in [5.41, 5.74) is 17.5. The monoisotopic (exact) mass is 1490 g/mol. The third-order valence-electron chi connectivity index (χ3n) is 22.4. The highest BCUT2D eigenvalue weighted by molar-refractivity contribution is 7.37. The second-order valence-corrected chi connectivity index (χ2v) is 35.2. The van der Waals surface area contributed by atoms with Crippen LogP contribution < -0.4 is 0 Å². The number of hydrogen-bond donors (Lipinski definition) is 0. The van der Waals surface area contributed by atoms with Crippen LogP contribution in [-0.2, 0) is 36.5 Å². The number of aryl methyl sites for hydroxylation is 4. The second-order valence-electron chi connectivity index (χ2n) is 28.9. The van der Waals surface area contributed by atoms with Crippen molar-refractivity contribution in [3.05, 3.63) is 302 Å². The van der Waals surface area contributed by atoms with Crippen molar-refractivity contribution in [1.29, 1.82) is 10.5 Å². The quantitative estimate of drug-likeness (QED) is 0.0234. The normalized spacial score (nSPS) is 16.0. The van der Waals surface area contributed by atoms with Crippen LogP contribution in [0.5, 0.6) is 0 Å². The molecule has 6 aromatic carbocycles. The van der Waals surface area contributed by atoms with Crippen LogP contribution in [-0.4, -0.2) is 11.6 Å². The number of nitriles is 2. The molecule has 0 saturated carbocycles. The molecular weight excluding hydrogens is 1410 g/mol. The molecule has 524 valence electrons. The van der Waals surface area contributed by atoms with E-state index in [0.29, 0.717) is 44.5 Å². The minimum Gasteiger partial charge on any atom is -0.289 e. The molecule has 0 fully saturated rings. The zero-order valence-electron chi connectivity index (χ0n) is 60.4. The lowest BCUT2D eigenvalue weighted by atomic mass is 9.67. The highest BCUT2D eigenvalue weighted by Gasteiger charge is 2.56. The van der Waals surface area contributed by atoms with Crippen molar-refractivity contribution < 1.29 is 9.59 Å². The smallest absolute Gasteiger partial charge is 0.270 e. The summed E-state index contributed by atoms with van der Waals surface area (Å²) >= 11 is 11.1. The Balaban J connectivity index is 0.970. The summed E-state index contributed by atoms with van der Waals surface area (Å²) in [5, 5.41) is 20.9. The molecule has 0 saturated heterocycles. The van der Waals surface area contributed by atoms with Crippen LogP contribution in [0.2, 0.25) is 0 Å². The number of unbranched alkanes of at least 4 members (excludes halogenated alkanes) is 12. The number of ketones is 2. The molecule has 12 heteroatoms. The van der Waals surface area contributed by atoms with Gasteiger partial charge in [0.2, 0.25) is 0 Å². The number of fused-ring (bicyclic) bond motifs is 15. The molecule has 0 radical (unpaired) electrons. The van der Waals surface area contributed by atoms with Gasteiger partial charge in [0, 0.05) is 74.8 Å². The number of rotatable bonds is 26. The van der Waals surface area contributed by atoms with E-state index in [0.717, 1.165) is 70.5 Å². The van der Waals surface area contributed by atoms with Gasteiger partial charge < -0.3 is 0 Å². The molecule has 106 heavy (non-hydrogen) atoms. The van der Waals surface area contributed by atoms with E-state index in [1.165, 1.54) is 182 Å². The lowest BCUT2D eigenvalue weighted by molar-refractivity contribution is 0.103. The molecule has 0 amide bonds. The fourth-order valence-corrected chi connectivity index (χ4v) is 26.1. The number of carbonyl (C=O) groups is 2. The third-order valence-corrected chi connectivity index (χ3v) is 30.0. The number of benzene rings is 6. The molecule has 4 aliphatic rings. The maximum atomic E-state index is 14.6. The van der Waals surface area contributed by atoms with E-state index in [2.05, 4.69) is 159 Å². The van der Waals surface area contributed by atoms with E-state index < -0.39 is 10.8 Å². The van der Waals surface area contributed by atoms with E-state index in [1.54, 1.807) is 34.8 Å². The lowest BCUT2D eigenvalue weighted by Gasteiger charge is -2.34. The molecule has 0 N–H and O–H groups in total. The van der Waals surface area contributed by atoms with Gasteiger partial charge in [-0.05, 0) is 131 Å². The summed E-state index contributed by atoms with van der Waals surface area (Å²) in [6.45, 7) is 25.4. The van der Waals surface area contributed by atoms with Gasteiger partial charge >= 0.3 is 0 Å². The van der Waals surface area contributed by atoms with Crippen LogP contribution in [0.3, 0.4) is 0 Å². The van der Waals surface area contributed by atoms with Crippen molar-refractivity contribution >= 4 is 131 Å². The zero-order valence-corrected chi connectivity index (χ0v) is 65.3. The van der Waals surface area contributed by atoms with Gasteiger partial charge in [-0.1, -0.05) is 250 Å². The van der Waals surface area contributed by atoms with Crippen molar-refractivity contribution in [2.24, 2.45) is 0 Å². The Morgan fingerprint density at radius 1 is 0.377 bits per heavy atom. The Morgan fingerprint density at radius 2 is 0.670 bits per heavy atom.